The minimum absolute atomic E-state index is 0.0807. The molecule has 116 valence electrons. The summed E-state index contributed by atoms with van der Waals surface area (Å²) in [5.41, 5.74) is 0. The number of carbonyl (C=O) groups excluding carboxylic acids is 1. The predicted octanol–water partition coefficient (Wildman–Crippen LogP) is 4.63. The fourth-order valence-electron chi connectivity index (χ4n) is 2.75. The van der Waals surface area contributed by atoms with Crippen LogP contribution in [0.15, 0.2) is 51.8 Å². The molecule has 1 heterocycles. The van der Waals surface area contributed by atoms with Crippen molar-refractivity contribution in [1.82, 2.24) is 5.32 Å². The Morgan fingerprint density at radius 2 is 1.86 bits per heavy atom. The molecule has 0 radical (unpaired) electrons. The minimum Gasteiger partial charge on any atom is -0.455 e. The molecule has 1 saturated carbocycles. The van der Waals surface area contributed by atoms with E-state index in [1.54, 1.807) is 17.8 Å². The van der Waals surface area contributed by atoms with Crippen LogP contribution in [0.4, 0.5) is 0 Å². The molecule has 1 aromatic heterocycles. The normalized spacial score (nSPS) is 15.6. The molecule has 3 rings (SSSR count). The number of hydrogen-bond acceptors (Lipinski definition) is 3. The van der Waals surface area contributed by atoms with E-state index in [2.05, 4.69) is 17.4 Å². The molecule has 1 aliphatic rings. The van der Waals surface area contributed by atoms with Gasteiger partial charge in [0.2, 0.25) is 0 Å². The van der Waals surface area contributed by atoms with E-state index < -0.39 is 0 Å². The van der Waals surface area contributed by atoms with Crippen molar-refractivity contribution in [2.75, 3.05) is 0 Å². The number of rotatable bonds is 5. The molecule has 0 atom stereocenters. The van der Waals surface area contributed by atoms with Crippen molar-refractivity contribution in [3.05, 3.63) is 54.0 Å². The van der Waals surface area contributed by atoms with Crippen molar-refractivity contribution in [2.24, 2.45) is 0 Å². The van der Waals surface area contributed by atoms with Crippen LogP contribution in [0.3, 0.4) is 0 Å². The predicted molar refractivity (Wildman–Crippen MR) is 89.1 cm³/mol. The van der Waals surface area contributed by atoms with Gasteiger partial charge >= 0.3 is 0 Å². The third kappa shape index (κ3) is 4.17. The molecule has 0 bridgehead atoms. The summed E-state index contributed by atoms with van der Waals surface area (Å²) < 4.78 is 5.68. The number of hydrogen-bond donors (Lipinski definition) is 1. The Balaban J connectivity index is 1.52. The zero-order chi connectivity index (χ0) is 15.2. The lowest BCUT2D eigenvalue weighted by atomic mass is 9.95. The van der Waals surface area contributed by atoms with Crippen molar-refractivity contribution < 1.29 is 9.21 Å². The lowest BCUT2D eigenvalue weighted by Gasteiger charge is -2.22. The van der Waals surface area contributed by atoms with Gasteiger partial charge in [-0.2, -0.15) is 0 Å². The maximum absolute atomic E-state index is 12.2. The monoisotopic (exact) mass is 315 g/mol. The van der Waals surface area contributed by atoms with E-state index in [1.807, 2.05) is 24.3 Å². The van der Waals surface area contributed by atoms with Gasteiger partial charge in [-0.3, -0.25) is 4.79 Å². The number of carbonyl (C=O) groups is 1. The van der Waals surface area contributed by atoms with Crippen molar-refractivity contribution in [1.29, 1.82) is 0 Å². The van der Waals surface area contributed by atoms with Gasteiger partial charge in [0.05, 0.1) is 5.75 Å². The highest BCUT2D eigenvalue weighted by Gasteiger charge is 2.18. The van der Waals surface area contributed by atoms with E-state index in [4.69, 9.17) is 4.42 Å². The Morgan fingerprint density at radius 1 is 1.09 bits per heavy atom. The molecule has 0 aliphatic heterocycles. The van der Waals surface area contributed by atoms with E-state index in [9.17, 15) is 4.79 Å². The minimum atomic E-state index is -0.0807. The van der Waals surface area contributed by atoms with Crippen LogP contribution in [-0.2, 0) is 5.75 Å². The van der Waals surface area contributed by atoms with Crippen LogP contribution in [-0.4, -0.2) is 11.9 Å². The van der Waals surface area contributed by atoms with Gasteiger partial charge in [0.15, 0.2) is 5.76 Å². The summed E-state index contributed by atoms with van der Waals surface area (Å²) in [4.78, 5) is 13.4. The van der Waals surface area contributed by atoms with E-state index in [0.29, 0.717) is 11.8 Å². The highest BCUT2D eigenvalue weighted by molar-refractivity contribution is 7.98. The van der Waals surface area contributed by atoms with Crippen LogP contribution in [0.2, 0.25) is 0 Å². The van der Waals surface area contributed by atoms with Crippen molar-refractivity contribution >= 4 is 17.7 Å². The molecule has 0 spiro atoms. The summed E-state index contributed by atoms with van der Waals surface area (Å²) in [5.74, 6) is 1.92. The molecule has 1 aromatic carbocycles. The van der Waals surface area contributed by atoms with E-state index in [1.165, 1.54) is 24.2 Å². The summed E-state index contributed by atoms with van der Waals surface area (Å²) in [7, 11) is 0. The van der Waals surface area contributed by atoms with Crippen LogP contribution in [0, 0.1) is 0 Å². The molecule has 3 nitrogen and oxygen atoms in total. The molecular formula is C18H21NO2S. The van der Waals surface area contributed by atoms with Crippen molar-refractivity contribution in [3.63, 3.8) is 0 Å². The Kier molecular flexibility index (Phi) is 5.22. The fourth-order valence-corrected chi connectivity index (χ4v) is 3.57. The molecule has 1 N–H and O–H groups in total. The van der Waals surface area contributed by atoms with Gasteiger partial charge in [-0.05, 0) is 37.1 Å². The Bertz CT molecular complexity index is 603. The average molecular weight is 315 g/mol. The molecule has 22 heavy (non-hydrogen) atoms. The van der Waals surface area contributed by atoms with E-state index in [0.717, 1.165) is 24.4 Å². The second-order valence-electron chi connectivity index (χ2n) is 5.68. The van der Waals surface area contributed by atoms with Crippen LogP contribution < -0.4 is 5.32 Å². The third-order valence-corrected chi connectivity index (χ3v) is 4.98. The first-order chi connectivity index (χ1) is 10.8. The zero-order valence-corrected chi connectivity index (χ0v) is 13.4. The number of thioether (sulfide) groups is 1. The number of benzene rings is 1. The highest BCUT2D eigenvalue weighted by atomic mass is 32.2. The first-order valence-electron chi connectivity index (χ1n) is 7.89. The lowest BCUT2D eigenvalue weighted by molar-refractivity contribution is 0.0898. The smallest absolute Gasteiger partial charge is 0.287 e. The molecule has 0 saturated heterocycles. The molecule has 0 unspecified atom stereocenters. The summed E-state index contributed by atoms with van der Waals surface area (Å²) in [5, 5.41) is 3.08. The summed E-state index contributed by atoms with van der Waals surface area (Å²) in [6, 6.07) is 14.2. The third-order valence-electron chi connectivity index (χ3n) is 3.95. The van der Waals surface area contributed by atoms with Gasteiger partial charge in [0.25, 0.3) is 5.91 Å². The SMILES string of the molecule is O=C(NC1CCCCC1)c1ccc(CSc2ccccc2)o1. The Labute approximate surface area is 135 Å². The van der Waals surface area contributed by atoms with Crippen molar-refractivity contribution in [2.45, 2.75) is 48.8 Å². The summed E-state index contributed by atoms with van der Waals surface area (Å²) in [6.07, 6.45) is 5.88. The van der Waals surface area contributed by atoms with Gasteiger partial charge in [-0.1, -0.05) is 37.5 Å². The molecule has 2 aromatic rings. The first kappa shape index (κ1) is 15.2. The van der Waals surface area contributed by atoms with Crippen molar-refractivity contribution in [3.8, 4) is 0 Å². The standard InChI is InChI=1S/C18H21NO2S/c20-18(19-14-7-3-1-4-8-14)17-12-11-15(21-17)13-22-16-9-5-2-6-10-16/h2,5-6,9-12,14H,1,3-4,7-8,13H2,(H,19,20). The number of furan rings is 1. The largest absolute Gasteiger partial charge is 0.455 e. The Hall–Kier alpha value is -1.68. The second kappa shape index (κ2) is 7.54. The second-order valence-corrected chi connectivity index (χ2v) is 6.72. The lowest BCUT2D eigenvalue weighted by Crippen LogP contribution is -2.35. The topological polar surface area (TPSA) is 42.2 Å². The maximum atomic E-state index is 12.2. The molecule has 4 heteroatoms. The van der Waals surface area contributed by atoms with Gasteiger partial charge in [-0.25, -0.2) is 0 Å². The fraction of sp³-hybridized carbons (Fsp3) is 0.389. The molecule has 1 aliphatic carbocycles. The number of amides is 1. The van der Waals surface area contributed by atoms with Gasteiger partial charge < -0.3 is 9.73 Å². The number of nitrogens with one attached hydrogen (secondary N) is 1. The summed E-state index contributed by atoms with van der Waals surface area (Å²) in [6.45, 7) is 0. The molecule has 1 fully saturated rings. The zero-order valence-electron chi connectivity index (χ0n) is 12.6. The quantitative estimate of drug-likeness (QED) is 0.818. The van der Waals surface area contributed by atoms with Gasteiger partial charge in [0.1, 0.15) is 5.76 Å². The van der Waals surface area contributed by atoms with Gasteiger partial charge in [0, 0.05) is 10.9 Å². The van der Waals surface area contributed by atoms with E-state index in [-0.39, 0.29) is 5.91 Å². The van der Waals surface area contributed by atoms with Crippen LogP contribution >= 0.6 is 11.8 Å². The first-order valence-corrected chi connectivity index (χ1v) is 8.87. The van der Waals surface area contributed by atoms with Crippen LogP contribution in [0.25, 0.3) is 0 Å². The Morgan fingerprint density at radius 3 is 2.64 bits per heavy atom. The molecule has 1 amide bonds. The average Bonchev–Trinajstić information content (AvgIpc) is 3.04. The highest BCUT2D eigenvalue weighted by Crippen LogP contribution is 2.24. The summed E-state index contributed by atoms with van der Waals surface area (Å²) >= 11 is 1.71. The van der Waals surface area contributed by atoms with Crippen LogP contribution in [0.1, 0.15) is 48.4 Å². The van der Waals surface area contributed by atoms with Gasteiger partial charge in [-0.15, -0.1) is 11.8 Å². The maximum Gasteiger partial charge on any atom is 0.287 e. The van der Waals surface area contributed by atoms with E-state index >= 15 is 0 Å². The van der Waals surface area contributed by atoms with Crippen LogP contribution in [0.5, 0.6) is 0 Å². The molecular weight excluding hydrogens is 294 g/mol.